The van der Waals surface area contributed by atoms with Crippen molar-refractivity contribution in [3.63, 3.8) is 0 Å². The Bertz CT molecular complexity index is 201. The van der Waals surface area contributed by atoms with Crippen LogP contribution in [0.3, 0.4) is 0 Å². The summed E-state index contributed by atoms with van der Waals surface area (Å²) in [6.07, 6.45) is 5.04. The van der Waals surface area contributed by atoms with E-state index in [0.717, 1.165) is 19.4 Å². The zero-order valence-electron chi connectivity index (χ0n) is 10.4. The Morgan fingerprint density at radius 2 is 2.06 bits per heavy atom. The maximum atomic E-state index is 11.5. The van der Waals surface area contributed by atoms with Crippen LogP contribution in [-0.2, 0) is 9.53 Å². The van der Waals surface area contributed by atoms with Crippen LogP contribution >= 0.6 is 0 Å². The summed E-state index contributed by atoms with van der Waals surface area (Å²) >= 11 is 0. The molecule has 0 spiro atoms. The van der Waals surface area contributed by atoms with Crippen molar-refractivity contribution in [2.45, 2.75) is 51.7 Å². The molecule has 16 heavy (non-hydrogen) atoms. The van der Waals surface area contributed by atoms with Crippen molar-refractivity contribution in [3.8, 4) is 0 Å². The van der Waals surface area contributed by atoms with E-state index >= 15 is 0 Å². The number of nitrogens with one attached hydrogen (secondary N) is 2. The molecule has 0 atom stereocenters. The van der Waals surface area contributed by atoms with Gasteiger partial charge in [-0.25, -0.2) is 0 Å². The second kappa shape index (κ2) is 7.63. The number of carbonyl (C=O) groups is 1. The van der Waals surface area contributed by atoms with Crippen LogP contribution in [-0.4, -0.2) is 37.7 Å². The van der Waals surface area contributed by atoms with E-state index in [1.165, 1.54) is 12.8 Å². The minimum Gasteiger partial charge on any atom is -0.377 e. The Morgan fingerprint density at radius 1 is 1.38 bits per heavy atom. The Morgan fingerprint density at radius 3 is 2.69 bits per heavy atom. The fraction of sp³-hybridized carbons (Fsp3) is 0.917. The standard InChI is InChI=1S/C12H24N2O2/c1-10(2)16-8-7-13-9-12(15)14-11-5-3-4-6-11/h10-11,13H,3-9H2,1-2H3,(H,14,15). The lowest BCUT2D eigenvalue weighted by molar-refractivity contribution is -0.120. The lowest BCUT2D eigenvalue weighted by Crippen LogP contribution is -2.40. The molecule has 0 heterocycles. The van der Waals surface area contributed by atoms with Crippen LogP contribution in [0.15, 0.2) is 0 Å². The minimum absolute atomic E-state index is 0.108. The maximum Gasteiger partial charge on any atom is 0.234 e. The molecule has 0 saturated heterocycles. The molecule has 1 fully saturated rings. The highest BCUT2D eigenvalue weighted by Gasteiger charge is 2.16. The average Bonchev–Trinajstić information content (AvgIpc) is 2.69. The second-order valence-electron chi connectivity index (χ2n) is 4.65. The highest BCUT2D eigenvalue weighted by Crippen LogP contribution is 2.17. The first-order valence-electron chi connectivity index (χ1n) is 6.30. The molecule has 0 radical (unpaired) electrons. The first kappa shape index (κ1) is 13.5. The molecule has 0 aromatic rings. The lowest BCUT2D eigenvalue weighted by Gasteiger charge is -2.12. The Labute approximate surface area is 98.1 Å². The van der Waals surface area contributed by atoms with E-state index < -0.39 is 0 Å². The van der Waals surface area contributed by atoms with Crippen LogP contribution < -0.4 is 10.6 Å². The van der Waals surface area contributed by atoms with Crippen molar-refractivity contribution in [1.29, 1.82) is 0 Å². The van der Waals surface area contributed by atoms with E-state index in [1.807, 2.05) is 13.8 Å². The van der Waals surface area contributed by atoms with E-state index in [2.05, 4.69) is 10.6 Å². The highest BCUT2D eigenvalue weighted by atomic mass is 16.5. The van der Waals surface area contributed by atoms with Crippen molar-refractivity contribution >= 4 is 5.91 Å². The molecule has 0 bridgehead atoms. The van der Waals surface area contributed by atoms with Gasteiger partial charge >= 0.3 is 0 Å². The molecule has 4 heteroatoms. The van der Waals surface area contributed by atoms with Crippen molar-refractivity contribution in [2.24, 2.45) is 0 Å². The highest BCUT2D eigenvalue weighted by molar-refractivity contribution is 5.78. The molecule has 2 N–H and O–H groups in total. The predicted octanol–water partition coefficient (Wildman–Crippen LogP) is 1.06. The van der Waals surface area contributed by atoms with Crippen molar-refractivity contribution < 1.29 is 9.53 Å². The molecule has 1 saturated carbocycles. The zero-order chi connectivity index (χ0) is 11.8. The number of rotatable bonds is 7. The molecule has 94 valence electrons. The summed E-state index contributed by atoms with van der Waals surface area (Å²) in [4.78, 5) is 11.5. The number of amides is 1. The number of ether oxygens (including phenoxy) is 1. The van der Waals surface area contributed by atoms with Gasteiger partial charge in [-0.05, 0) is 26.7 Å². The van der Waals surface area contributed by atoms with Crippen LogP contribution in [0, 0.1) is 0 Å². The van der Waals surface area contributed by atoms with Gasteiger partial charge in [0.25, 0.3) is 0 Å². The summed E-state index contributed by atoms with van der Waals surface area (Å²) in [7, 11) is 0. The monoisotopic (exact) mass is 228 g/mol. The largest absolute Gasteiger partial charge is 0.377 e. The van der Waals surface area contributed by atoms with Gasteiger partial charge in [-0.2, -0.15) is 0 Å². The van der Waals surface area contributed by atoms with Gasteiger partial charge < -0.3 is 15.4 Å². The SMILES string of the molecule is CC(C)OCCNCC(=O)NC1CCCC1. The van der Waals surface area contributed by atoms with Crippen LogP contribution in [0.2, 0.25) is 0 Å². The number of hydrogen-bond donors (Lipinski definition) is 2. The first-order valence-corrected chi connectivity index (χ1v) is 6.30. The molecule has 1 aliphatic carbocycles. The van der Waals surface area contributed by atoms with Crippen molar-refractivity contribution in [2.75, 3.05) is 19.7 Å². The summed E-state index contributed by atoms with van der Waals surface area (Å²) in [5.74, 6) is 0.108. The van der Waals surface area contributed by atoms with Gasteiger partial charge in [0.05, 0.1) is 19.3 Å². The summed E-state index contributed by atoms with van der Waals surface area (Å²) in [5.41, 5.74) is 0. The Kier molecular flexibility index (Phi) is 6.42. The van der Waals surface area contributed by atoms with Gasteiger partial charge in [0.15, 0.2) is 0 Å². The maximum absolute atomic E-state index is 11.5. The Hall–Kier alpha value is -0.610. The van der Waals surface area contributed by atoms with Crippen molar-refractivity contribution in [3.05, 3.63) is 0 Å². The van der Waals surface area contributed by atoms with Crippen LogP contribution in [0.25, 0.3) is 0 Å². The van der Waals surface area contributed by atoms with Crippen molar-refractivity contribution in [1.82, 2.24) is 10.6 Å². The zero-order valence-corrected chi connectivity index (χ0v) is 10.4. The van der Waals surface area contributed by atoms with E-state index in [1.54, 1.807) is 0 Å². The minimum atomic E-state index is 0.108. The van der Waals surface area contributed by atoms with Gasteiger partial charge in [0, 0.05) is 12.6 Å². The smallest absolute Gasteiger partial charge is 0.234 e. The first-order chi connectivity index (χ1) is 7.68. The molecule has 1 amide bonds. The molecule has 4 nitrogen and oxygen atoms in total. The molecule has 0 aromatic heterocycles. The fourth-order valence-electron chi connectivity index (χ4n) is 1.92. The van der Waals surface area contributed by atoms with E-state index in [4.69, 9.17) is 4.74 Å². The quantitative estimate of drug-likeness (QED) is 0.641. The van der Waals surface area contributed by atoms with E-state index in [0.29, 0.717) is 19.2 Å². The molecular weight excluding hydrogens is 204 g/mol. The number of carbonyl (C=O) groups excluding carboxylic acids is 1. The lowest BCUT2D eigenvalue weighted by atomic mass is 10.2. The fourth-order valence-corrected chi connectivity index (χ4v) is 1.92. The van der Waals surface area contributed by atoms with Crippen LogP contribution in [0.5, 0.6) is 0 Å². The topological polar surface area (TPSA) is 50.4 Å². The Balaban J connectivity index is 1.93. The summed E-state index contributed by atoms with van der Waals surface area (Å²) in [5, 5.41) is 6.11. The molecule has 0 aromatic carbocycles. The normalized spacial score (nSPS) is 16.9. The summed E-state index contributed by atoms with van der Waals surface area (Å²) in [6.45, 7) is 5.81. The van der Waals surface area contributed by atoms with Crippen LogP contribution in [0.1, 0.15) is 39.5 Å². The predicted molar refractivity (Wildman–Crippen MR) is 64.4 cm³/mol. The summed E-state index contributed by atoms with van der Waals surface area (Å²) in [6, 6.07) is 0.418. The van der Waals surface area contributed by atoms with Gasteiger partial charge in [0.1, 0.15) is 0 Å². The third kappa shape index (κ3) is 6.08. The third-order valence-corrected chi connectivity index (χ3v) is 2.74. The van der Waals surface area contributed by atoms with Crippen LogP contribution in [0.4, 0.5) is 0 Å². The summed E-state index contributed by atoms with van der Waals surface area (Å²) < 4.78 is 5.36. The average molecular weight is 228 g/mol. The molecular formula is C12H24N2O2. The molecule has 0 aliphatic heterocycles. The van der Waals surface area contributed by atoms with Gasteiger partial charge in [-0.1, -0.05) is 12.8 Å². The molecule has 1 aliphatic rings. The second-order valence-corrected chi connectivity index (χ2v) is 4.65. The number of hydrogen-bond acceptors (Lipinski definition) is 3. The van der Waals surface area contributed by atoms with Gasteiger partial charge in [-0.15, -0.1) is 0 Å². The third-order valence-electron chi connectivity index (χ3n) is 2.74. The molecule has 1 rings (SSSR count). The van der Waals surface area contributed by atoms with Gasteiger partial charge in [0.2, 0.25) is 5.91 Å². The molecule has 0 unspecified atom stereocenters. The van der Waals surface area contributed by atoms with E-state index in [-0.39, 0.29) is 12.0 Å². The van der Waals surface area contributed by atoms with E-state index in [9.17, 15) is 4.79 Å². The van der Waals surface area contributed by atoms with Gasteiger partial charge in [-0.3, -0.25) is 4.79 Å².